The number of aromatic amines is 1. The van der Waals surface area contributed by atoms with Crippen LogP contribution >= 0.6 is 0 Å². The van der Waals surface area contributed by atoms with Gasteiger partial charge in [0.2, 0.25) is 5.91 Å². The standard InChI is InChI=1S/C15H16FN3O/c1-2-14(20)19-8-7-13-12(9-19)15(18-17-13)10-3-5-11(16)6-4-10/h3-6H,2,7-9H2,1H3,(H,17,18). The first kappa shape index (κ1) is 12.8. The van der Waals surface area contributed by atoms with Crippen LogP contribution in [0.1, 0.15) is 24.6 Å². The highest BCUT2D eigenvalue weighted by Crippen LogP contribution is 2.28. The van der Waals surface area contributed by atoms with Gasteiger partial charge in [-0.3, -0.25) is 9.89 Å². The summed E-state index contributed by atoms with van der Waals surface area (Å²) in [5.74, 6) is -0.108. The molecule has 2 aromatic rings. The van der Waals surface area contributed by atoms with Crippen molar-refractivity contribution >= 4 is 5.91 Å². The molecule has 1 amide bonds. The van der Waals surface area contributed by atoms with E-state index in [-0.39, 0.29) is 11.7 Å². The van der Waals surface area contributed by atoms with Crippen molar-refractivity contribution in [1.29, 1.82) is 0 Å². The van der Waals surface area contributed by atoms with Gasteiger partial charge in [0, 0.05) is 42.8 Å². The molecule has 0 unspecified atom stereocenters. The van der Waals surface area contributed by atoms with E-state index in [1.54, 1.807) is 12.1 Å². The Labute approximate surface area is 116 Å². The van der Waals surface area contributed by atoms with Gasteiger partial charge in [0.15, 0.2) is 0 Å². The first-order chi connectivity index (χ1) is 9.69. The summed E-state index contributed by atoms with van der Waals surface area (Å²) in [6, 6.07) is 6.28. The molecule has 0 radical (unpaired) electrons. The molecule has 0 fully saturated rings. The van der Waals surface area contributed by atoms with Gasteiger partial charge < -0.3 is 4.90 Å². The fraction of sp³-hybridized carbons (Fsp3) is 0.333. The van der Waals surface area contributed by atoms with Crippen molar-refractivity contribution < 1.29 is 9.18 Å². The van der Waals surface area contributed by atoms with Gasteiger partial charge in [-0.1, -0.05) is 6.92 Å². The average Bonchev–Trinajstić information content (AvgIpc) is 2.90. The zero-order valence-corrected chi connectivity index (χ0v) is 11.3. The Morgan fingerprint density at radius 2 is 2.15 bits per heavy atom. The van der Waals surface area contributed by atoms with Crippen molar-refractivity contribution in [3.8, 4) is 11.3 Å². The fourth-order valence-electron chi connectivity index (χ4n) is 2.58. The number of nitrogens with one attached hydrogen (secondary N) is 1. The Kier molecular flexibility index (Phi) is 3.26. The smallest absolute Gasteiger partial charge is 0.222 e. The lowest BCUT2D eigenvalue weighted by Crippen LogP contribution is -2.35. The summed E-state index contributed by atoms with van der Waals surface area (Å²) in [6.45, 7) is 3.17. The van der Waals surface area contributed by atoms with Crippen LogP contribution in [-0.4, -0.2) is 27.5 Å². The minimum absolute atomic E-state index is 0.155. The Morgan fingerprint density at radius 1 is 1.40 bits per heavy atom. The summed E-state index contributed by atoms with van der Waals surface area (Å²) in [6.07, 6.45) is 1.30. The van der Waals surface area contributed by atoms with Crippen LogP contribution in [0.3, 0.4) is 0 Å². The van der Waals surface area contributed by atoms with Crippen molar-refractivity contribution in [3.63, 3.8) is 0 Å². The van der Waals surface area contributed by atoms with E-state index in [4.69, 9.17) is 0 Å². The van der Waals surface area contributed by atoms with Gasteiger partial charge in [-0.15, -0.1) is 0 Å². The van der Waals surface area contributed by atoms with Crippen molar-refractivity contribution in [3.05, 3.63) is 41.3 Å². The summed E-state index contributed by atoms with van der Waals surface area (Å²) in [7, 11) is 0. The van der Waals surface area contributed by atoms with Crippen LogP contribution < -0.4 is 0 Å². The Balaban J connectivity index is 1.94. The second-order valence-corrected chi connectivity index (χ2v) is 4.96. The van der Waals surface area contributed by atoms with Gasteiger partial charge >= 0.3 is 0 Å². The number of halogens is 1. The third kappa shape index (κ3) is 2.19. The molecule has 5 heteroatoms. The van der Waals surface area contributed by atoms with E-state index in [2.05, 4.69) is 10.2 Å². The predicted molar refractivity (Wildman–Crippen MR) is 73.4 cm³/mol. The third-order valence-corrected chi connectivity index (χ3v) is 3.71. The molecule has 1 aliphatic rings. The summed E-state index contributed by atoms with van der Waals surface area (Å²) >= 11 is 0. The zero-order chi connectivity index (χ0) is 14.1. The second kappa shape index (κ2) is 5.07. The van der Waals surface area contributed by atoms with Crippen LogP contribution in [0.15, 0.2) is 24.3 Å². The Bertz CT molecular complexity index is 633. The molecule has 2 heterocycles. The lowest BCUT2D eigenvalue weighted by atomic mass is 10.0. The largest absolute Gasteiger partial charge is 0.338 e. The molecule has 0 saturated heterocycles. The molecular formula is C15H16FN3O. The number of carbonyl (C=O) groups excluding carboxylic acids is 1. The van der Waals surface area contributed by atoms with Gasteiger partial charge in [-0.05, 0) is 24.3 Å². The Morgan fingerprint density at radius 3 is 2.85 bits per heavy atom. The molecule has 1 aromatic carbocycles. The van der Waals surface area contributed by atoms with E-state index in [1.165, 1.54) is 12.1 Å². The van der Waals surface area contributed by atoms with Crippen LogP contribution in [0.25, 0.3) is 11.3 Å². The summed E-state index contributed by atoms with van der Waals surface area (Å²) in [5, 5.41) is 7.37. The van der Waals surface area contributed by atoms with Crippen molar-refractivity contribution in [2.24, 2.45) is 0 Å². The highest BCUT2D eigenvalue weighted by Gasteiger charge is 2.24. The molecule has 1 aliphatic heterocycles. The molecule has 1 aromatic heterocycles. The molecule has 0 atom stereocenters. The summed E-state index contributed by atoms with van der Waals surface area (Å²) < 4.78 is 13.0. The molecule has 104 valence electrons. The molecule has 0 bridgehead atoms. The quantitative estimate of drug-likeness (QED) is 0.914. The van der Waals surface area contributed by atoms with Gasteiger partial charge in [-0.2, -0.15) is 5.10 Å². The number of hydrogen-bond donors (Lipinski definition) is 1. The predicted octanol–water partition coefficient (Wildman–Crippen LogP) is 2.51. The molecule has 4 nitrogen and oxygen atoms in total. The second-order valence-electron chi connectivity index (χ2n) is 4.96. The van der Waals surface area contributed by atoms with Crippen LogP contribution in [0.4, 0.5) is 4.39 Å². The number of nitrogens with zero attached hydrogens (tertiary/aromatic N) is 2. The first-order valence-electron chi connectivity index (χ1n) is 6.79. The number of rotatable bonds is 2. The molecule has 0 aliphatic carbocycles. The monoisotopic (exact) mass is 273 g/mol. The Hall–Kier alpha value is -2.17. The van der Waals surface area contributed by atoms with E-state index in [0.29, 0.717) is 13.0 Å². The average molecular weight is 273 g/mol. The molecule has 0 spiro atoms. The molecule has 20 heavy (non-hydrogen) atoms. The zero-order valence-electron chi connectivity index (χ0n) is 11.3. The highest BCUT2D eigenvalue weighted by molar-refractivity contribution is 5.77. The molecule has 0 saturated carbocycles. The maximum absolute atomic E-state index is 13.0. The number of H-pyrrole nitrogens is 1. The number of hydrogen-bond acceptors (Lipinski definition) is 2. The number of aromatic nitrogens is 2. The number of carbonyl (C=O) groups is 1. The minimum Gasteiger partial charge on any atom is -0.338 e. The van der Waals surface area contributed by atoms with Gasteiger partial charge in [-0.25, -0.2) is 4.39 Å². The number of amides is 1. The van der Waals surface area contributed by atoms with E-state index in [9.17, 15) is 9.18 Å². The molecule has 3 rings (SSSR count). The van der Waals surface area contributed by atoms with Crippen LogP contribution in [0.2, 0.25) is 0 Å². The normalized spacial score (nSPS) is 14.2. The lowest BCUT2D eigenvalue weighted by molar-refractivity contribution is -0.131. The van der Waals surface area contributed by atoms with Crippen molar-refractivity contribution in [2.75, 3.05) is 6.54 Å². The van der Waals surface area contributed by atoms with Crippen molar-refractivity contribution in [1.82, 2.24) is 15.1 Å². The maximum atomic E-state index is 13.0. The van der Waals surface area contributed by atoms with E-state index < -0.39 is 0 Å². The molecule has 1 N–H and O–H groups in total. The van der Waals surface area contributed by atoms with E-state index in [1.807, 2.05) is 11.8 Å². The van der Waals surface area contributed by atoms with Crippen LogP contribution in [0, 0.1) is 5.82 Å². The number of benzene rings is 1. The van der Waals surface area contributed by atoms with E-state index >= 15 is 0 Å². The maximum Gasteiger partial charge on any atom is 0.222 e. The van der Waals surface area contributed by atoms with Gasteiger partial charge in [0.05, 0.1) is 5.69 Å². The van der Waals surface area contributed by atoms with Gasteiger partial charge in [0.1, 0.15) is 5.82 Å². The van der Waals surface area contributed by atoms with E-state index in [0.717, 1.165) is 35.5 Å². The van der Waals surface area contributed by atoms with Gasteiger partial charge in [0.25, 0.3) is 0 Å². The fourth-order valence-corrected chi connectivity index (χ4v) is 2.58. The highest BCUT2D eigenvalue weighted by atomic mass is 19.1. The summed E-state index contributed by atoms with van der Waals surface area (Å²) in [5.41, 5.74) is 3.80. The lowest BCUT2D eigenvalue weighted by Gasteiger charge is -2.26. The topological polar surface area (TPSA) is 49.0 Å². The number of fused-ring (bicyclic) bond motifs is 1. The minimum atomic E-state index is -0.263. The third-order valence-electron chi connectivity index (χ3n) is 3.71. The van der Waals surface area contributed by atoms with Crippen molar-refractivity contribution in [2.45, 2.75) is 26.3 Å². The van der Waals surface area contributed by atoms with Crippen LogP contribution in [0.5, 0.6) is 0 Å². The first-order valence-corrected chi connectivity index (χ1v) is 6.79. The van der Waals surface area contributed by atoms with Crippen LogP contribution in [-0.2, 0) is 17.8 Å². The molecular weight excluding hydrogens is 257 g/mol. The summed E-state index contributed by atoms with van der Waals surface area (Å²) in [4.78, 5) is 13.7. The SMILES string of the molecule is CCC(=O)N1CCc2[nH]nc(-c3ccc(F)cc3)c2C1.